The van der Waals surface area contributed by atoms with Gasteiger partial charge in [-0.1, -0.05) is 24.3 Å². The third kappa shape index (κ3) is 4.90. The molecule has 33 heavy (non-hydrogen) atoms. The van der Waals surface area contributed by atoms with Gasteiger partial charge in [0, 0.05) is 16.9 Å². The molecule has 1 aliphatic rings. The molecule has 0 radical (unpaired) electrons. The highest BCUT2D eigenvalue weighted by atomic mass is 32.2. The highest BCUT2D eigenvalue weighted by Gasteiger charge is 2.34. The average Bonchev–Trinajstić information content (AvgIpc) is 3.17. The summed E-state index contributed by atoms with van der Waals surface area (Å²) in [5.41, 5.74) is 3.30. The van der Waals surface area contributed by atoms with Crippen molar-refractivity contribution in [3.05, 3.63) is 94.5 Å². The van der Waals surface area contributed by atoms with Gasteiger partial charge in [-0.05, 0) is 73.0 Å². The molecule has 8 heteroatoms. The van der Waals surface area contributed by atoms with Gasteiger partial charge < -0.3 is 5.32 Å². The fourth-order valence-corrected chi connectivity index (χ4v) is 4.80. The molecule has 4 nitrogen and oxygen atoms in total. The summed E-state index contributed by atoms with van der Waals surface area (Å²) < 4.78 is 38.9. The zero-order chi connectivity index (χ0) is 23.8. The predicted molar refractivity (Wildman–Crippen MR) is 124 cm³/mol. The molecule has 170 valence electrons. The van der Waals surface area contributed by atoms with Crippen molar-refractivity contribution in [1.29, 1.82) is 0 Å². The van der Waals surface area contributed by atoms with E-state index in [1.54, 1.807) is 23.1 Å². The fraction of sp³-hybridized carbons (Fsp3) is 0.200. The first-order valence-corrected chi connectivity index (χ1v) is 11.3. The van der Waals surface area contributed by atoms with Gasteiger partial charge in [0.05, 0.1) is 11.3 Å². The number of carbonyl (C=O) groups excluding carboxylic acids is 2. The van der Waals surface area contributed by atoms with Crippen molar-refractivity contribution in [1.82, 2.24) is 0 Å². The first-order chi connectivity index (χ1) is 15.6. The lowest BCUT2D eigenvalue weighted by molar-refractivity contribution is -0.137. The summed E-state index contributed by atoms with van der Waals surface area (Å²) in [6.07, 6.45) is -4.53. The minimum atomic E-state index is -4.53. The van der Waals surface area contributed by atoms with Crippen LogP contribution in [-0.2, 0) is 11.0 Å². The van der Waals surface area contributed by atoms with Gasteiger partial charge in [-0.2, -0.15) is 13.2 Å². The van der Waals surface area contributed by atoms with E-state index in [2.05, 4.69) is 5.32 Å². The molecule has 1 saturated heterocycles. The Hall–Kier alpha value is -3.26. The van der Waals surface area contributed by atoms with E-state index in [9.17, 15) is 22.8 Å². The van der Waals surface area contributed by atoms with Crippen LogP contribution in [0.2, 0.25) is 0 Å². The smallest absolute Gasteiger partial charge is 0.322 e. The molecular weight excluding hydrogens is 449 g/mol. The highest BCUT2D eigenvalue weighted by molar-refractivity contribution is 8.00. The predicted octanol–water partition coefficient (Wildman–Crippen LogP) is 6.35. The zero-order valence-corrected chi connectivity index (χ0v) is 18.8. The molecule has 0 aliphatic carbocycles. The Labute approximate surface area is 193 Å². The standard InChI is InChI=1S/C25H21F3N2O2S/c1-15-9-10-21(11-16(15)2)30-22(31)14-33-24(30)18-6-4-8-20(13-18)29-23(32)17-5-3-7-19(12-17)25(26,27)28/h3-13,24H,14H2,1-2H3,(H,29,32)/t24-/m1/s1. The Morgan fingerprint density at radius 1 is 1.00 bits per heavy atom. The number of carbonyl (C=O) groups is 2. The van der Waals surface area contributed by atoms with E-state index in [0.29, 0.717) is 11.4 Å². The zero-order valence-electron chi connectivity index (χ0n) is 17.9. The number of hydrogen-bond donors (Lipinski definition) is 1. The van der Waals surface area contributed by atoms with Crippen LogP contribution in [0.15, 0.2) is 66.7 Å². The van der Waals surface area contributed by atoms with E-state index in [1.807, 2.05) is 38.1 Å². The number of hydrogen-bond acceptors (Lipinski definition) is 3. The van der Waals surface area contributed by atoms with E-state index in [1.165, 1.54) is 23.9 Å². The van der Waals surface area contributed by atoms with Crippen LogP contribution < -0.4 is 10.2 Å². The van der Waals surface area contributed by atoms with Crippen molar-refractivity contribution in [2.45, 2.75) is 25.4 Å². The van der Waals surface area contributed by atoms with E-state index in [4.69, 9.17) is 0 Å². The van der Waals surface area contributed by atoms with Crippen molar-refractivity contribution in [2.75, 3.05) is 16.0 Å². The number of halogens is 3. The number of rotatable bonds is 4. The van der Waals surface area contributed by atoms with Gasteiger partial charge in [-0.25, -0.2) is 0 Å². The maximum absolute atomic E-state index is 13.0. The minimum absolute atomic E-state index is 0.00772. The van der Waals surface area contributed by atoms with Gasteiger partial charge in [0.25, 0.3) is 5.91 Å². The first kappa shape index (κ1) is 22.9. The molecule has 0 aromatic heterocycles. The molecule has 4 rings (SSSR count). The van der Waals surface area contributed by atoms with E-state index >= 15 is 0 Å². The highest BCUT2D eigenvalue weighted by Crippen LogP contribution is 2.42. The second-order valence-electron chi connectivity index (χ2n) is 7.85. The van der Waals surface area contributed by atoms with E-state index < -0.39 is 17.6 Å². The Morgan fingerprint density at radius 3 is 2.48 bits per heavy atom. The van der Waals surface area contributed by atoms with Crippen LogP contribution in [0, 0.1) is 13.8 Å². The monoisotopic (exact) mass is 470 g/mol. The number of amides is 2. The number of anilines is 2. The van der Waals surface area contributed by atoms with E-state index in [0.717, 1.165) is 34.5 Å². The van der Waals surface area contributed by atoms with Crippen LogP contribution >= 0.6 is 11.8 Å². The van der Waals surface area contributed by atoms with Crippen molar-refractivity contribution in [2.24, 2.45) is 0 Å². The summed E-state index contributed by atoms with van der Waals surface area (Å²) in [5, 5.41) is 2.39. The minimum Gasteiger partial charge on any atom is -0.322 e. The topological polar surface area (TPSA) is 49.4 Å². The summed E-state index contributed by atoms with van der Waals surface area (Å²) in [4.78, 5) is 27.0. The van der Waals surface area contributed by atoms with Crippen molar-refractivity contribution >= 4 is 35.0 Å². The van der Waals surface area contributed by atoms with Crippen LogP contribution in [0.25, 0.3) is 0 Å². The summed E-state index contributed by atoms with van der Waals surface area (Å²) in [6.45, 7) is 4.00. The largest absolute Gasteiger partial charge is 0.416 e. The number of aryl methyl sites for hydroxylation is 2. The lowest BCUT2D eigenvalue weighted by Crippen LogP contribution is -2.28. The molecule has 3 aromatic carbocycles. The molecule has 1 N–H and O–H groups in total. The first-order valence-electron chi connectivity index (χ1n) is 10.2. The molecule has 3 aromatic rings. The van der Waals surface area contributed by atoms with Crippen LogP contribution in [0.5, 0.6) is 0 Å². The van der Waals surface area contributed by atoms with Crippen molar-refractivity contribution in [3.63, 3.8) is 0 Å². The number of benzene rings is 3. The lowest BCUT2D eigenvalue weighted by Gasteiger charge is -2.25. The maximum Gasteiger partial charge on any atom is 0.416 e. The molecule has 0 unspecified atom stereocenters. The van der Waals surface area contributed by atoms with Crippen molar-refractivity contribution in [3.8, 4) is 0 Å². The number of alkyl halides is 3. The quantitative estimate of drug-likeness (QED) is 0.483. The van der Waals surface area contributed by atoms with E-state index in [-0.39, 0.29) is 16.8 Å². The second kappa shape index (κ2) is 8.94. The Morgan fingerprint density at radius 2 is 1.76 bits per heavy atom. The van der Waals surface area contributed by atoms with Gasteiger partial charge in [0.1, 0.15) is 5.37 Å². The molecular formula is C25H21F3N2O2S. The van der Waals surface area contributed by atoms with Gasteiger partial charge in [-0.15, -0.1) is 11.8 Å². The third-order valence-electron chi connectivity index (χ3n) is 5.52. The molecule has 0 saturated carbocycles. The van der Waals surface area contributed by atoms with Gasteiger partial charge >= 0.3 is 6.18 Å². The van der Waals surface area contributed by atoms with Crippen LogP contribution in [0.1, 0.15) is 38.0 Å². The van der Waals surface area contributed by atoms with Gasteiger partial charge in [-0.3, -0.25) is 14.5 Å². The van der Waals surface area contributed by atoms with Crippen LogP contribution in [0.4, 0.5) is 24.5 Å². The molecule has 1 fully saturated rings. The van der Waals surface area contributed by atoms with Crippen LogP contribution in [-0.4, -0.2) is 17.6 Å². The molecule has 1 aliphatic heterocycles. The van der Waals surface area contributed by atoms with Gasteiger partial charge in [0.2, 0.25) is 5.91 Å². The summed E-state index contributed by atoms with van der Waals surface area (Å²) >= 11 is 1.48. The number of nitrogens with one attached hydrogen (secondary N) is 1. The Kier molecular flexibility index (Phi) is 6.21. The Bertz CT molecular complexity index is 1230. The fourth-order valence-electron chi connectivity index (χ4n) is 3.64. The number of nitrogens with zero attached hydrogens (tertiary/aromatic N) is 1. The molecule has 1 atom stereocenters. The number of thioether (sulfide) groups is 1. The van der Waals surface area contributed by atoms with Crippen LogP contribution in [0.3, 0.4) is 0 Å². The summed E-state index contributed by atoms with van der Waals surface area (Å²) in [5.74, 6) is -0.315. The average molecular weight is 471 g/mol. The summed E-state index contributed by atoms with van der Waals surface area (Å²) in [7, 11) is 0. The molecule has 1 heterocycles. The normalized spacial score (nSPS) is 16.2. The molecule has 0 spiro atoms. The van der Waals surface area contributed by atoms with Crippen molar-refractivity contribution < 1.29 is 22.8 Å². The second-order valence-corrected chi connectivity index (χ2v) is 8.92. The molecule has 2 amide bonds. The SMILES string of the molecule is Cc1ccc(N2C(=O)CS[C@@H]2c2cccc(NC(=O)c3cccc(C(F)(F)F)c3)c2)cc1C. The maximum atomic E-state index is 13.0. The molecule has 0 bridgehead atoms. The third-order valence-corrected chi connectivity index (χ3v) is 6.73. The Balaban J connectivity index is 1.58. The lowest BCUT2D eigenvalue weighted by atomic mass is 10.1. The van der Waals surface area contributed by atoms with Gasteiger partial charge in [0.15, 0.2) is 0 Å². The summed E-state index contributed by atoms with van der Waals surface area (Å²) in [6, 6.07) is 17.2.